The van der Waals surface area contributed by atoms with Gasteiger partial charge < -0.3 is 14.2 Å². The Kier molecular flexibility index (Phi) is 11.9. The van der Waals surface area contributed by atoms with Crippen LogP contribution in [0, 0.1) is 0 Å². The van der Waals surface area contributed by atoms with Gasteiger partial charge in [-0.2, -0.15) is 0 Å². The van der Waals surface area contributed by atoms with E-state index < -0.39 is 0 Å². The monoisotopic (exact) mass is 218 g/mol. The third-order valence-electron chi connectivity index (χ3n) is 2.17. The summed E-state index contributed by atoms with van der Waals surface area (Å²) < 4.78 is 15.9. The molecule has 1 atom stereocenters. The molecule has 0 saturated carbocycles. The van der Waals surface area contributed by atoms with Crippen molar-refractivity contribution >= 4 is 0 Å². The quantitative estimate of drug-likeness (QED) is 0.499. The highest BCUT2D eigenvalue weighted by Gasteiger charge is 1.99. The number of hydrogen-bond acceptors (Lipinski definition) is 3. The second-order valence-electron chi connectivity index (χ2n) is 3.81. The molecular formula is C12H26O3. The number of methoxy groups -OCH3 is 1. The molecule has 0 aliphatic heterocycles. The molecule has 0 aliphatic rings. The Morgan fingerprint density at radius 2 is 1.80 bits per heavy atom. The lowest BCUT2D eigenvalue weighted by molar-refractivity contribution is -0.0201. The van der Waals surface area contributed by atoms with Crippen molar-refractivity contribution in [2.75, 3.05) is 33.5 Å². The van der Waals surface area contributed by atoms with Crippen molar-refractivity contribution in [3.63, 3.8) is 0 Å². The summed E-state index contributed by atoms with van der Waals surface area (Å²) in [6.45, 7) is 7.09. The predicted octanol–water partition coefficient (Wildman–Crippen LogP) is 2.63. The molecule has 15 heavy (non-hydrogen) atoms. The average molecular weight is 218 g/mol. The van der Waals surface area contributed by atoms with Crippen molar-refractivity contribution in [2.45, 2.75) is 45.6 Å². The van der Waals surface area contributed by atoms with E-state index in [0.29, 0.717) is 19.8 Å². The second kappa shape index (κ2) is 12.0. The molecule has 0 heterocycles. The number of hydrogen-bond donors (Lipinski definition) is 0. The molecule has 0 bridgehead atoms. The van der Waals surface area contributed by atoms with Crippen LogP contribution < -0.4 is 0 Å². The summed E-state index contributed by atoms with van der Waals surface area (Å²) >= 11 is 0. The highest BCUT2D eigenvalue weighted by molar-refractivity contribution is 4.46. The number of unbranched alkanes of at least 4 members (excludes halogenated alkanes) is 3. The van der Waals surface area contributed by atoms with E-state index in [1.165, 1.54) is 25.7 Å². The van der Waals surface area contributed by atoms with E-state index in [1.54, 1.807) is 7.11 Å². The Bertz CT molecular complexity index is 117. The van der Waals surface area contributed by atoms with E-state index in [2.05, 4.69) is 6.92 Å². The maximum Gasteiger partial charge on any atom is 0.0781 e. The normalized spacial score (nSPS) is 13.0. The lowest BCUT2D eigenvalue weighted by Gasteiger charge is -2.11. The molecule has 0 aliphatic carbocycles. The van der Waals surface area contributed by atoms with Gasteiger partial charge in [-0.3, -0.25) is 0 Å². The van der Waals surface area contributed by atoms with Crippen LogP contribution in [0.3, 0.4) is 0 Å². The lowest BCUT2D eigenvalue weighted by Crippen LogP contribution is -2.17. The zero-order valence-electron chi connectivity index (χ0n) is 10.5. The molecule has 1 unspecified atom stereocenters. The Morgan fingerprint density at radius 3 is 2.47 bits per heavy atom. The van der Waals surface area contributed by atoms with Gasteiger partial charge in [-0.15, -0.1) is 0 Å². The first kappa shape index (κ1) is 14.9. The van der Waals surface area contributed by atoms with Gasteiger partial charge in [-0.25, -0.2) is 0 Å². The van der Waals surface area contributed by atoms with Crippen LogP contribution in [0.15, 0.2) is 0 Å². The topological polar surface area (TPSA) is 27.7 Å². The van der Waals surface area contributed by atoms with Crippen LogP contribution in [0.25, 0.3) is 0 Å². The highest BCUT2D eigenvalue weighted by Crippen LogP contribution is 1.99. The summed E-state index contributed by atoms with van der Waals surface area (Å²) in [5.74, 6) is 0. The molecule has 0 amide bonds. The van der Waals surface area contributed by atoms with Crippen LogP contribution in [-0.2, 0) is 14.2 Å². The summed E-state index contributed by atoms with van der Waals surface area (Å²) in [5.41, 5.74) is 0. The molecule has 0 rings (SSSR count). The standard InChI is InChI=1S/C12H26O3/c1-4-5-6-7-8-14-9-10-15-12(2)11-13-3/h12H,4-11H2,1-3H3. The van der Waals surface area contributed by atoms with Gasteiger partial charge in [0.05, 0.1) is 25.9 Å². The average Bonchev–Trinajstić information content (AvgIpc) is 2.22. The van der Waals surface area contributed by atoms with Crippen molar-refractivity contribution in [3.05, 3.63) is 0 Å². The van der Waals surface area contributed by atoms with Gasteiger partial charge in [0.1, 0.15) is 0 Å². The van der Waals surface area contributed by atoms with Crippen LogP contribution in [-0.4, -0.2) is 39.6 Å². The van der Waals surface area contributed by atoms with Gasteiger partial charge in [0.2, 0.25) is 0 Å². The van der Waals surface area contributed by atoms with Crippen LogP contribution in [0.2, 0.25) is 0 Å². The van der Waals surface area contributed by atoms with E-state index in [-0.39, 0.29) is 6.10 Å². The fraction of sp³-hybridized carbons (Fsp3) is 1.00. The lowest BCUT2D eigenvalue weighted by atomic mass is 10.2. The molecule has 0 radical (unpaired) electrons. The number of rotatable bonds is 11. The van der Waals surface area contributed by atoms with Crippen molar-refractivity contribution in [3.8, 4) is 0 Å². The number of ether oxygens (including phenoxy) is 3. The van der Waals surface area contributed by atoms with Gasteiger partial charge in [-0.05, 0) is 13.3 Å². The summed E-state index contributed by atoms with van der Waals surface area (Å²) in [4.78, 5) is 0. The Morgan fingerprint density at radius 1 is 1.00 bits per heavy atom. The molecule has 0 fully saturated rings. The third kappa shape index (κ3) is 11.8. The molecule has 3 nitrogen and oxygen atoms in total. The molecule has 0 aromatic rings. The zero-order chi connectivity index (χ0) is 11.4. The minimum Gasteiger partial charge on any atom is -0.382 e. The molecule has 0 saturated heterocycles. The first-order valence-corrected chi connectivity index (χ1v) is 5.99. The molecule has 0 aromatic heterocycles. The summed E-state index contributed by atoms with van der Waals surface area (Å²) in [7, 11) is 1.68. The van der Waals surface area contributed by atoms with Gasteiger partial charge >= 0.3 is 0 Å². The second-order valence-corrected chi connectivity index (χ2v) is 3.81. The Labute approximate surface area is 94.1 Å². The molecule has 0 aromatic carbocycles. The van der Waals surface area contributed by atoms with Crippen molar-refractivity contribution in [2.24, 2.45) is 0 Å². The van der Waals surface area contributed by atoms with E-state index in [0.717, 1.165) is 6.61 Å². The van der Waals surface area contributed by atoms with Crippen molar-refractivity contribution in [1.29, 1.82) is 0 Å². The first-order valence-electron chi connectivity index (χ1n) is 5.99. The zero-order valence-corrected chi connectivity index (χ0v) is 10.5. The van der Waals surface area contributed by atoms with Gasteiger partial charge in [0.25, 0.3) is 0 Å². The van der Waals surface area contributed by atoms with Crippen molar-refractivity contribution < 1.29 is 14.2 Å². The van der Waals surface area contributed by atoms with Crippen LogP contribution in [0.5, 0.6) is 0 Å². The van der Waals surface area contributed by atoms with E-state index in [9.17, 15) is 0 Å². The van der Waals surface area contributed by atoms with Crippen LogP contribution in [0.4, 0.5) is 0 Å². The highest BCUT2D eigenvalue weighted by atomic mass is 16.5. The van der Waals surface area contributed by atoms with Crippen LogP contribution in [0.1, 0.15) is 39.5 Å². The minimum atomic E-state index is 0.165. The fourth-order valence-corrected chi connectivity index (χ4v) is 1.32. The SMILES string of the molecule is CCCCCCOCCOC(C)COC. The molecule has 0 spiro atoms. The minimum absolute atomic E-state index is 0.165. The van der Waals surface area contributed by atoms with E-state index in [1.807, 2.05) is 6.92 Å². The molecule has 92 valence electrons. The largest absolute Gasteiger partial charge is 0.382 e. The fourth-order valence-electron chi connectivity index (χ4n) is 1.32. The summed E-state index contributed by atoms with van der Waals surface area (Å²) in [6.07, 6.45) is 5.19. The maximum atomic E-state index is 5.46. The van der Waals surface area contributed by atoms with E-state index in [4.69, 9.17) is 14.2 Å². The van der Waals surface area contributed by atoms with Gasteiger partial charge in [0, 0.05) is 13.7 Å². The molecular weight excluding hydrogens is 192 g/mol. The van der Waals surface area contributed by atoms with Crippen molar-refractivity contribution in [1.82, 2.24) is 0 Å². The Hall–Kier alpha value is -0.120. The van der Waals surface area contributed by atoms with Crippen LogP contribution >= 0.6 is 0 Å². The molecule has 0 N–H and O–H groups in total. The summed E-state index contributed by atoms with van der Waals surface area (Å²) in [6, 6.07) is 0. The van der Waals surface area contributed by atoms with E-state index >= 15 is 0 Å². The summed E-state index contributed by atoms with van der Waals surface area (Å²) in [5, 5.41) is 0. The van der Waals surface area contributed by atoms with Gasteiger partial charge in [0.15, 0.2) is 0 Å². The third-order valence-corrected chi connectivity index (χ3v) is 2.17. The molecule has 3 heteroatoms. The van der Waals surface area contributed by atoms with Gasteiger partial charge in [-0.1, -0.05) is 26.2 Å². The Balaban J connectivity index is 2.98. The maximum absolute atomic E-state index is 5.46. The smallest absolute Gasteiger partial charge is 0.0781 e. The first-order chi connectivity index (χ1) is 7.31. The predicted molar refractivity (Wildman–Crippen MR) is 62.3 cm³/mol.